The number of rotatable bonds is 13. The second kappa shape index (κ2) is 14.8. The van der Waals surface area contributed by atoms with E-state index in [0.29, 0.717) is 41.7 Å². The van der Waals surface area contributed by atoms with Crippen LogP contribution < -0.4 is 20.7 Å². The molecule has 1 aliphatic rings. The summed E-state index contributed by atoms with van der Waals surface area (Å²) in [5.41, 5.74) is -0.544. The lowest BCUT2D eigenvalue weighted by atomic mass is 9.96. The number of ether oxygens (including phenoxy) is 1. The molecule has 0 spiro atoms. The van der Waals surface area contributed by atoms with Crippen LogP contribution in [0.15, 0.2) is 48.8 Å². The van der Waals surface area contributed by atoms with Crippen molar-refractivity contribution in [2.24, 2.45) is 0 Å². The highest BCUT2D eigenvalue weighted by atomic mass is 31.1. The molecule has 5 N–H and O–H groups in total. The van der Waals surface area contributed by atoms with Crippen LogP contribution in [0, 0.1) is 0 Å². The maximum absolute atomic E-state index is 14.1. The molecular formula is C32H34F3N8O6P. The maximum Gasteiger partial charge on any atom is 0.421 e. The molecule has 0 aliphatic carbocycles. The van der Waals surface area contributed by atoms with Crippen LogP contribution in [0.4, 0.5) is 36.3 Å². The number of carbonyl (C=O) groups is 2. The average molecular weight is 715 g/mol. The molecule has 1 saturated heterocycles. The molecular weight excluding hydrogens is 680 g/mol. The van der Waals surface area contributed by atoms with Gasteiger partial charge in [-0.2, -0.15) is 18.2 Å². The summed E-state index contributed by atoms with van der Waals surface area (Å²) < 4.78 is 60.4. The lowest BCUT2D eigenvalue weighted by Gasteiger charge is -2.44. The fraction of sp³-hybridized carbons (Fsp3) is 0.344. The van der Waals surface area contributed by atoms with E-state index in [1.807, 2.05) is 0 Å². The Morgan fingerprint density at radius 1 is 1.10 bits per heavy atom. The molecule has 0 radical (unpaired) electrons. The molecule has 14 nitrogen and oxygen atoms in total. The second-order valence-corrected chi connectivity index (χ2v) is 12.3. The Balaban J connectivity index is 1.50. The fourth-order valence-electron chi connectivity index (χ4n) is 5.35. The van der Waals surface area contributed by atoms with Crippen molar-refractivity contribution < 1.29 is 42.3 Å². The van der Waals surface area contributed by atoms with Gasteiger partial charge in [0.2, 0.25) is 5.95 Å². The number of carbonyl (C=O) groups excluding carboxylic acids is 2. The average Bonchev–Trinajstić information content (AvgIpc) is 3.50. The lowest BCUT2D eigenvalue weighted by molar-refractivity contribution is -0.137. The van der Waals surface area contributed by atoms with E-state index in [9.17, 15) is 37.5 Å². The number of aliphatic hydroxyl groups is 2. The van der Waals surface area contributed by atoms with Gasteiger partial charge in [-0.15, -0.1) is 0 Å². The Kier molecular flexibility index (Phi) is 10.7. The van der Waals surface area contributed by atoms with E-state index >= 15 is 0 Å². The van der Waals surface area contributed by atoms with Crippen LogP contribution in [0.3, 0.4) is 0 Å². The Bertz CT molecular complexity index is 1910. The topological polar surface area (TPSA) is 184 Å². The molecule has 3 aromatic heterocycles. The number of anilines is 4. The van der Waals surface area contributed by atoms with Gasteiger partial charge in [0.25, 0.3) is 11.8 Å². The van der Waals surface area contributed by atoms with Crippen LogP contribution in [0.2, 0.25) is 0 Å². The van der Waals surface area contributed by atoms with Crippen molar-refractivity contribution in [2.45, 2.75) is 37.8 Å². The number of amides is 2. The van der Waals surface area contributed by atoms with E-state index in [1.54, 1.807) is 42.0 Å². The molecule has 1 aliphatic heterocycles. The van der Waals surface area contributed by atoms with Crippen LogP contribution in [-0.4, -0.2) is 85.9 Å². The number of β-amino-alcohol motifs (C(OH)–C–C–N with tert-alkyl or cyclic N) is 1. The molecule has 18 heteroatoms. The number of likely N-dealkylation sites (tertiary alicyclic amines) is 1. The van der Waals surface area contributed by atoms with Gasteiger partial charge in [-0.05, 0) is 49.2 Å². The number of benzene rings is 1. The minimum atomic E-state index is -4.87. The smallest absolute Gasteiger partial charge is 0.421 e. The number of nitrogens with one attached hydrogen (secondary N) is 3. The summed E-state index contributed by atoms with van der Waals surface area (Å²) in [5.74, 6) is -1.61. The number of hydrogen-bond donors (Lipinski definition) is 5. The lowest BCUT2D eigenvalue weighted by Crippen LogP contribution is -2.61. The molecule has 4 heterocycles. The predicted octanol–water partition coefficient (Wildman–Crippen LogP) is 4.60. The van der Waals surface area contributed by atoms with Gasteiger partial charge in [-0.3, -0.25) is 14.2 Å². The number of halogens is 3. The Hall–Kier alpha value is -5.12. The van der Waals surface area contributed by atoms with E-state index in [2.05, 4.69) is 30.9 Å². The van der Waals surface area contributed by atoms with Crippen molar-refractivity contribution in [2.75, 3.05) is 44.5 Å². The van der Waals surface area contributed by atoms with Gasteiger partial charge in [0, 0.05) is 38.2 Å². The van der Waals surface area contributed by atoms with Crippen molar-refractivity contribution in [1.82, 2.24) is 29.7 Å². The minimum Gasteiger partial charge on any atom is -0.495 e. The molecule has 1 aromatic carbocycles. The summed E-state index contributed by atoms with van der Waals surface area (Å²) >= 11 is 0. The van der Waals surface area contributed by atoms with Crippen LogP contribution in [-0.2, 0) is 23.4 Å². The monoisotopic (exact) mass is 714 g/mol. The van der Waals surface area contributed by atoms with E-state index in [4.69, 9.17) is 4.74 Å². The maximum atomic E-state index is 14.1. The van der Waals surface area contributed by atoms with E-state index in [-0.39, 0.29) is 68.9 Å². The van der Waals surface area contributed by atoms with E-state index < -0.39 is 29.1 Å². The first-order valence-electron chi connectivity index (χ1n) is 15.3. The number of nitrogens with zero attached hydrogens (tertiary/aromatic N) is 5. The summed E-state index contributed by atoms with van der Waals surface area (Å²) in [6.07, 6.45) is -2.05. The zero-order chi connectivity index (χ0) is 36.2. The first-order valence-corrected chi connectivity index (χ1v) is 16.3. The molecule has 264 valence electrons. The van der Waals surface area contributed by atoms with Crippen LogP contribution in [0.25, 0.3) is 11.3 Å². The van der Waals surface area contributed by atoms with Crippen molar-refractivity contribution >= 4 is 43.4 Å². The molecule has 0 atom stereocenters. The third kappa shape index (κ3) is 8.01. The Labute approximate surface area is 285 Å². The van der Waals surface area contributed by atoms with E-state index in [0.717, 1.165) is 0 Å². The number of aromatic nitrogens is 4. The van der Waals surface area contributed by atoms with Crippen molar-refractivity contribution in [3.63, 3.8) is 0 Å². The van der Waals surface area contributed by atoms with Crippen molar-refractivity contribution in [3.8, 4) is 17.0 Å². The first-order chi connectivity index (χ1) is 23.8. The van der Waals surface area contributed by atoms with Gasteiger partial charge >= 0.3 is 6.18 Å². The quantitative estimate of drug-likeness (QED) is 0.122. The molecule has 2 amide bonds. The fourth-order valence-corrected chi connectivity index (χ4v) is 5.70. The predicted molar refractivity (Wildman–Crippen MR) is 177 cm³/mol. The molecule has 5 rings (SSSR count). The summed E-state index contributed by atoms with van der Waals surface area (Å²) in [4.78, 5) is 40.1. The molecule has 50 heavy (non-hydrogen) atoms. The number of alkyl halides is 3. The number of methoxy groups -OCH3 is 1. The minimum absolute atomic E-state index is 0.0962. The SMILES string of the molecule is CNC(=O)c1nc(-c2cc(C(=O)N3CC(C)(O)C3)n(CCCO)c2)ccc1Nc1nc(Nc2ccc(CP=O)cc2OC)ncc1C(F)(F)F. The van der Waals surface area contributed by atoms with Crippen LogP contribution >= 0.6 is 8.46 Å². The highest BCUT2D eigenvalue weighted by Gasteiger charge is 2.40. The van der Waals surface area contributed by atoms with Gasteiger partial charge in [0.15, 0.2) is 14.2 Å². The van der Waals surface area contributed by atoms with Crippen LogP contribution in [0.1, 0.15) is 45.4 Å². The highest BCUT2D eigenvalue weighted by molar-refractivity contribution is 7.22. The standard InChI is InChI=1S/C32H34F3N8O6P/c1-31(47)16-43(17-31)29(46)24-12-19(14-42(24)9-4-10-44)21-7-8-23(26(38-21)28(45)36-2)39-27-20(32(33,34)35)13-37-30(41-27)40-22-6-5-18(15-50-48)11-25(22)49-3/h5-8,11-14,44,47H,4,9-10,15-17H2,1-3H3,(H,36,45)(H2,37,39,40,41). The van der Waals surface area contributed by atoms with Gasteiger partial charge in [0.05, 0.1) is 49.0 Å². The van der Waals surface area contributed by atoms with Crippen molar-refractivity contribution in [1.29, 1.82) is 0 Å². The Morgan fingerprint density at radius 2 is 1.84 bits per heavy atom. The van der Waals surface area contributed by atoms with Crippen molar-refractivity contribution in [3.05, 3.63) is 71.3 Å². The first kappa shape index (κ1) is 36.2. The zero-order valence-electron chi connectivity index (χ0n) is 27.2. The second-order valence-electron chi connectivity index (χ2n) is 11.7. The number of aliphatic hydroxyl groups excluding tert-OH is 1. The summed E-state index contributed by atoms with van der Waals surface area (Å²) in [5, 5.41) is 27.4. The highest BCUT2D eigenvalue weighted by Crippen LogP contribution is 2.37. The van der Waals surface area contributed by atoms with Gasteiger partial charge in [0.1, 0.15) is 22.8 Å². The summed E-state index contributed by atoms with van der Waals surface area (Å²) in [6, 6.07) is 9.29. The van der Waals surface area contributed by atoms with Gasteiger partial charge < -0.3 is 40.4 Å². The molecule has 0 bridgehead atoms. The van der Waals surface area contributed by atoms with Gasteiger partial charge in [-0.25, -0.2) is 9.97 Å². The molecule has 4 aromatic rings. The van der Waals surface area contributed by atoms with E-state index in [1.165, 1.54) is 31.2 Å². The van der Waals surface area contributed by atoms with Gasteiger partial charge in [-0.1, -0.05) is 6.07 Å². The van der Waals surface area contributed by atoms with Crippen LogP contribution in [0.5, 0.6) is 5.75 Å². The number of pyridine rings is 1. The number of aryl methyl sites for hydroxylation is 1. The normalized spacial score (nSPS) is 13.9. The molecule has 0 unspecified atom stereocenters. The Morgan fingerprint density at radius 3 is 2.48 bits per heavy atom. The molecule has 1 fully saturated rings. The number of hydrogen-bond acceptors (Lipinski definition) is 11. The molecule has 0 saturated carbocycles. The largest absolute Gasteiger partial charge is 0.495 e. The zero-order valence-corrected chi connectivity index (χ0v) is 28.1. The summed E-state index contributed by atoms with van der Waals surface area (Å²) in [6.45, 7) is 2.09. The third-order valence-corrected chi connectivity index (χ3v) is 8.26. The summed E-state index contributed by atoms with van der Waals surface area (Å²) in [7, 11) is 2.64. The third-order valence-electron chi connectivity index (χ3n) is 7.76.